The van der Waals surface area contributed by atoms with Crippen LogP contribution in [0.3, 0.4) is 0 Å². The van der Waals surface area contributed by atoms with E-state index in [4.69, 9.17) is 0 Å². The van der Waals surface area contributed by atoms with Crippen LogP contribution in [0.15, 0.2) is 24.3 Å². The monoisotopic (exact) mass is 306 g/mol. The van der Waals surface area contributed by atoms with Crippen LogP contribution in [0, 0.1) is 5.92 Å². The van der Waals surface area contributed by atoms with Crippen LogP contribution in [0.2, 0.25) is 0 Å². The van der Waals surface area contributed by atoms with Gasteiger partial charge in [-0.1, -0.05) is 32.4 Å². The Kier molecular flexibility index (Phi) is 6.56. The van der Waals surface area contributed by atoms with Gasteiger partial charge in [0.15, 0.2) is 0 Å². The van der Waals surface area contributed by atoms with E-state index in [1.54, 1.807) is 31.2 Å². The second-order valence-electron chi connectivity index (χ2n) is 5.28. The Hall–Kier alpha value is -2.37. The summed E-state index contributed by atoms with van der Waals surface area (Å²) in [7, 11) is 0. The van der Waals surface area contributed by atoms with Gasteiger partial charge in [0.1, 0.15) is 6.04 Å². The molecule has 3 N–H and O–H groups in total. The summed E-state index contributed by atoms with van der Waals surface area (Å²) in [5.74, 6) is -1.73. The molecule has 0 radical (unpaired) electrons. The molecule has 0 aliphatic heterocycles. The summed E-state index contributed by atoms with van der Waals surface area (Å²) in [4.78, 5) is 34.2. The summed E-state index contributed by atoms with van der Waals surface area (Å²) in [5, 5.41) is 14.4. The van der Waals surface area contributed by atoms with Crippen LogP contribution in [0.1, 0.15) is 43.1 Å². The van der Waals surface area contributed by atoms with Gasteiger partial charge in [0.05, 0.1) is 0 Å². The fourth-order valence-corrected chi connectivity index (χ4v) is 1.91. The van der Waals surface area contributed by atoms with E-state index in [9.17, 15) is 19.5 Å². The van der Waals surface area contributed by atoms with Crippen molar-refractivity contribution in [1.29, 1.82) is 0 Å². The molecule has 22 heavy (non-hydrogen) atoms. The highest BCUT2D eigenvalue weighted by Crippen LogP contribution is 2.10. The Morgan fingerprint density at radius 1 is 1.18 bits per heavy atom. The van der Waals surface area contributed by atoms with Crippen LogP contribution in [0.25, 0.3) is 0 Å². The van der Waals surface area contributed by atoms with Crippen LogP contribution in [-0.4, -0.2) is 28.9 Å². The minimum Gasteiger partial charge on any atom is -0.480 e. The van der Waals surface area contributed by atoms with Crippen molar-refractivity contribution in [3.63, 3.8) is 0 Å². The number of hydrogen-bond acceptors (Lipinski definition) is 3. The van der Waals surface area contributed by atoms with Gasteiger partial charge in [-0.3, -0.25) is 9.59 Å². The quantitative estimate of drug-likeness (QED) is 0.712. The number of aliphatic carboxylic acids is 1. The van der Waals surface area contributed by atoms with Gasteiger partial charge in [-0.05, 0) is 23.6 Å². The van der Waals surface area contributed by atoms with Gasteiger partial charge in [-0.2, -0.15) is 0 Å². The largest absolute Gasteiger partial charge is 0.480 e. The summed E-state index contributed by atoms with van der Waals surface area (Å²) in [5.41, 5.74) is 1.25. The van der Waals surface area contributed by atoms with Crippen LogP contribution in [-0.2, 0) is 16.1 Å². The van der Waals surface area contributed by atoms with Crippen molar-refractivity contribution >= 4 is 17.8 Å². The minimum absolute atomic E-state index is 0.125. The maximum Gasteiger partial charge on any atom is 0.326 e. The summed E-state index contributed by atoms with van der Waals surface area (Å²) in [6.45, 7) is 5.49. The number of carboxylic acids is 1. The first kappa shape index (κ1) is 17.7. The number of amides is 2. The summed E-state index contributed by atoms with van der Waals surface area (Å²) >= 11 is 0. The van der Waals surface area contributed by atoms with Crippen LogP contribution < -0.4 is 10.6 Å². The molecule has 0 bridgehead atoms. The topological polar surface area (TPSA) is 95.5 Å². The smallest absolute Gasteiger partial charge is 0.326 e. The molecule has 1 rings (SSSR count). The lowest BCUT2D eigenvalue weighted by Crippen LogP contribution is -2.45. The standard InChI is InChI=1S/C16H22N2O4/c1-4-10(2)14(16(21)22)18-15(20)13-7-5-12(6-8-13)9-17-11(3)19/h5-8,10,14H,4,9H2,1-3H3,(H,17,19)(H,18,20)(H,21,22)/t10-,14-/m0/s1. The predicted octanol–water partition coefficient (Wildman–Crippen LogP) is 1.55. The number of carbonyl (C=O) groups excluding carboxylic acids is 2. The Bertz CT molecular complexity index is 540. The van der Waals surface area contributed by atoms with E-state index in [1.807, 2.05) is 6.92 Å². The average Bonchev–Trinajstić information content (AvgIpc) is 2.49. The zero-order valence-electron chi connectivity index (χ0n) is 13.1. The number of carbonyl (C=O) groups is 3. The van der Waals surface area contributed by atoms with Gasteiger partial charge in [0, 0.05) is 19.0 Å². The number of nitrogens with one attached hydrogen (secondary N) is 2. The summed E-state index contributed by atoms with van der Waals surface area (Å²) < 4.78 is 0. The van der Waals surface area contributed by atoms with Crippen molar-refractivity contribution in [3.05, 3.63) is 35.4 Å². The molecule has 0 saturated heterocycles. The molecule has 0 heterocycles. The van der Waals surface area contributed by atoms with Crippen molar-refractivity contribution in [1.82, 2.24) is 10.6 Å². The molecule has 0 aromatic heterocycles. The van der Waals surface area contributed by atoms with Crippen molar-refractivity contribution in [3.8, 4) is 0 Å². The highest BCUT2D eigenvalue weighted by atomic mass is 16.4. The highest BCUT2D eigenvalue weighted by Gasteiger charge is 2.25. The van der Waals surface area contributed by atoms with Crippen LogP contribution >= 0.6 is 0 Å². The molecule has 1 aromatic carbocycles. The molecule has 120 valence electrons. The SMILES string of the molecule is CC[C@H](C)[C@H](NC(=O)c1ccc(CNC(C)=O)cc1)C(=O)O. The maximum atomic E-state index is 12.1. The second kappa shape index (κ2) is 8.17. The van der Waals surface area contributed by atoms with Gasteiger partial charge in [-0.25, -0.2) is 4.79 Å². The number of hydrogen-bond donors (Lipinski definition) is 3. The van der Waals surface area contributed by atoms with Gasteiger partial charge in [-0.15, -0.1) is 0 Å². The molecular formula is C16H22N2O4. The highest BCUT2D eigenvalue weighted by molar-refractivity contribution is 5.96. The molecular weight excluding hydrogens is 284 g/mol. The van der Waals surface area contributed by atoms with Crippen molar-refractivity contribution in [2.24, 2.45) is 5.92 Å². The van der Waals surface area contributed by atoms with Gasteiger partial charge in [0.25, 0.3) is 5.91 Å². The predicted molar refractivity (Wildman–Crippen MR) is 82.3 cm³/mol. The minimum atomic E-state index is -1.04. The number of rotatable bonds is 7. The third kappa shape index (κ3) is 5.20. The average molecular weight is 306 g/mol. The van der Waals surface area contributed by atoms with Crippen molar-refractivity contribution in [2.45, 2.75) is 39.8 Å². The van der Waals surface area contributed by atoms with E-state index >= 15 is 0 Å². The fraction of sp³-hybridized carbons (Fsp3) is 0.438. The van der Waals surface area contributed by atoms with Gasteiger partial charge < -0.3 is 15.7 Å². The van der Waals surface area contributed by atoms with E-state index < -0.39 is 17.9 Å². The molecule has 1 aromatic rings. The van der Waals surface area contributed by atoms with Gasteiger partial charge >= 0.3 is 5.97 Å². The Balaban J connectivity index is 2.72. The first-order chi connectivity index (χ1) is 10.3. The van der Waals surface area contributed by atoms with E-state index in [0.29, 0.717) is 18.5 Å². The third-order valence-corrected chi connectivity index (χ3v) is 3.52. The van der Waals surface area contributed by atoms with Crippen LogP contribution in [0.5, 0.6) is 0 Å². The van der Waals surface area contributed by atoms with Crippen molar-refractivity contribution in [2.75, 3.05) is 0 Å². The molecule has 0 unspecified atom stereocenters. The van der Waals surface area contributed by atoms with Crippen LogP contribution in [0.4, 0.5) is 0 Å². The van der Waals surface area contributed by atoms with Gasteiger partial charge in [0.2, 0.25) is 5.91 Å². The Morgan fingerprint density at radius 2 is 1.77 bits per heavy atom. The third-order valence-electron chi connectivity index (χ3n) is 3.52. The Morgan fingerprint density at radius 3 is 2.23 bits per heavy atom. The molecule has 0 saturated carbocycles. The zero-order chi connectivity index (χ0) is 16.7. The summed E-state index contributed by atoms with van der Waals surface area (Å²) in [6, 6.07) is 5.77. The molecule has 0 aliphatic rings. The molecule has 0 aliphatic carbocycles. The summed E-state index contributed by atoms with van der Waals surface area (Å²) in [6.07, 6.45) is 0.660. The van der Waals surface area contributed by atoms with E-state index in [-0.39, 0.29) is 11.8 Å². The first-order valence-corrected chi connectivity index (χ1v) is 7.22. The first-order valence-electron chi connectivity index (χ1n) is 7.22. The maximum absolute atomic E-state index is 12.1. The number of carboxylic acid groups (broad SMARTS) is 1. The van der Waals surface area contributed by atoms with Crippen molar-refractivity contribution < 1.29 is 19.5 Å². The molecule has 0 fully saturated rings. The van der Waals surface area contributed by atoms with E-state index in [0.717, 1.165) is 5.56 Å². The lowest BCUT2D eigenvalue weighted by atomic mass is 9.99. The lowest BCUT2D eigenvalue weighted by molar-refractivity contribution is -0.140. The molecule has 2 amide bonds. The van der Waals surface area contributed by atoms with E-state index in [2.05, 4.69) is 10.6 Å². The molecule has 0 spiro atoms. The number of benzene rings is 1. The Labute approximate surface area is 129 Å². The van der Waals surface area contributed by atoms with E-state index in [1.165, 1.54) is 6.92 Å². The molecule has 6 heteroatoms. The molecule has 2 atom stereocenters. The zero-order valence-corrected chi connectivity index (χ0v) is 13.1. The molecule has 6 nitrogen and oxygen atoms in total. The fourth-order valence-electron chi connectivity index (χ4n) is 1.91. The lowest BCUT2D eigenvalue weighted by Gasteiger charge is -2.20. The normalized spacial score (nSPS) is 13.0. The second-order valence-corrected chi connectivity index (χ2v) is 5.28.